The van der Waals surface area contributed by atoms with Gasteiger partial charge in [0.05, 0.1) is 6.54 Å². The van der Waals surface area contributed by atoms with E-state index in [4.69, 9.17) is 11.6 Å². The molecule has 0 fully saturated rings. The highest BCUT2D eigenvalue weighted by molar-refractivity contribution is 6.30. The third kappa shape index (κ3) is 4.40. The number of amides is 1. The van der Waals surface area contributed by atoms with Gasteiger partial charge in [0, 0.05) is 36.2 Å². The summed E-state index contributed by atoms with van der Waals surface area (Å²) in [5.41, 5.74) is 3.78. The van der Waals surface area contributed by atoms with Crippen molar-refractivity contribution in [2.24, 2.45) is 0 Å². The molecule has 0 heterocycles. The summed E-state index contributed by atoms with van der Waals surface area (Å²) < 4.78 is 0. The molecule has 0 aliphatic carbocycles. The van der Waals surface area contributed by atoms with Crippen molar-refractivity contribution in [2.75, 3.05) is 36.2 Å². The highest BCUT2D eigenvalue weighted by Crippen LogP contribution is 2.20. The number of benzene rings is 2. The van der Waals surface area contributed by atoms with Crippen LogP contribution in [-0.4, -0.2) is 26.5 Å². The van der Waals surface area contributed by atoms with E-state index in [-0.39, 0.29) is 12.5 Å². The molecular formula is C17H20ClN3O. The van der Waals surface area contributed by atoms with Crippen molar-refractivity contribution in [3.05, 3.63) is 53.1 Å². The predicted octanol–water partition coefficient (Wildman–Crippen LogP) is 3.77. The Hall–Kier alpha value is -2.20. The Labute approximate surface area is 136 Å². The molecule has 0 spiro atoms. The monoisotopic (exact) mass is 317 g/mol. The first-order valence-electron chi connectivity index (χ1n) is 7.03. The molecule has 116 valence electrons. The molecule has 22 heavy (non-hydrogen) atoms. The highest BCUT2D eigenvalue weighted by Gasteiger charge is 2.05. The fourth-order valence-electron chi connectivity index (χ4n) is 2.01. The predicted molar refractivity (Wildman–Crippen MR) is 94.1 cm³/mol. The third-order valence-corrected chi connectivity index (χ3v) is 3.54. The minimum absolute atomic E-state index is 0.100. The highest BCUT2D eigenvalue weighted by atomic mass is 35.5. The Morgan fingerprint density at radius 1 is 1.14 bits per heavy atom. The van der Waals surface area contributed by atoms with Crippen LogP contribution >= 0.6 is 11.6 Å². The molecule has 2 rings (SSSR count). The maximum atomic E-state index is 12.0. The maximum absolute atomic E-state index is 12.0. The molecule has 0 aromatic heterocycles. The zero-order valence-electron chi connectivity index (χ0n) is 13.0. The van der Waals surface area contributed by atoms with Crippen LogP contribution in [0.15, 0.2) is 42.5 Å². The average molecular weight is 318 g/mol. The van der Waals surface area contributed by atoms with Crippen molar-refractivity contribution >= 4 is 34.6 Å². The summed E-state index contributed by atoms with van der Waals surface area (Å²) in [5.74, 6) is -0.100. The van der Waals surface area contributed by atoms with Crippen LogP contribution in [0.4, 0.5) is 17.1 Å². The SMILES string of the molecule is Cc1ccc(Cl)cc1NCC(=O)Nc1ccc(N(C)C)cc1. The summed E-state index contributed by atoms with van der Waals surface area (Å²) in [6, 6.07) is 13.3. The Balaban J connectivity index is 1.91. The summed E-state index contributed by atoms with van der Waals surface area (Å²) in [6.07, 6.45) is 0. The lowest BCUT2D eigenvalue weighted by Crippen LogP contribution is -2.22. The summed E-state index contributed by atoms with van der Waals surface area (Å²) in [7, 11) is 3.95. The van der Waals surface area contributed by atoms with Crippen LogP contribution < -0.4 is 15.5 Å². The van der Waals surface area contributed by atoms with Crippen LogP contribution in [0.1, 0.15) is 5.56 Å². The van der Waals surface area contributed by atoms with E-state index in [2.05, 4.69) is 10.6 Å². The first-order valence-corrected chi connectivity index (χ1v) is 7.41. The molecule has 0 unspecified atom stereocenters. The van der Waals surface area contributed by atoms with Gasteiger partial charge in [0.2, 0.25) is 5.91 Å². The van der Waals surface area contributed by atoms with Crippen LogP contribution in [0.3, 0.4) is 0 Å². The summed E-state index contributed by atoms with van der Waals surface area (Å²) in [6.45, 7) is 2.16. The molecule has 2 N–H and O–H groups in total. The van der Waals surface area contributed by atoms with Crippen LogP contribution in [0, 0.1) is 6.92 Å². The smallest absolute Gasteiger partial charge is 0.243 e. The number of anilines is 3. The van der Waals surface area contributed by atoms with Crippen LogP contribution in [0.25, 0.3) is 0 Å². The van der Waals surface area contributed by atoms with Crippen LogP contribution in [0.5, 0.6) is 0 Å². The number of rotatable bonds is 5. The summed E-state index contributed by atoms with van der Waals surface area (Å²) >= 11 is 5.96. The number of halogens is 1. The second kappa shape index (κ2) is 7.18. The van der Waals surface area contributed by atoms with Gasteiger partial charge < -0.3 is 15.5 Å². The van der Waals surface area contributed by atoms with Gasteiger partial charge in [-0.1, -0.05) is 17.7 Å². The minimum Gasteiger partial charge on any atom is -0.378 e. The zero-order valence-corrected chi connectivity index (χ0v) is 13.7. The molecule has 2 aromatic rings. The van der Waals surface area contributed by atoms with E-state index >= 15 is 0 Å². The Morgan fingerprint density at radius 2 is 1.82 bits per heavy atom. The molecule has 0 saturated heterocycles. The molecule has 5 heteroatoms. The number of carbonyl (C=O) groups excluding carboxylic acids is 1. The number of nitrogens with zero attached hydrogens (tertiary/aromatic N) is 1. The summed E-state index contributed by atoms with van der Waals surface area (Å²) in [4.78, 5) is 14.0. The van der Waals surface area contributed by atoms with E-state index < -0.39 is 0 Å². The van der Waals surface area contributed by atoms with Crippen molar-refractivity contribution in [2.45, 2.75) is 6.92 Å². The second-order valence-corrected chi connectivity index (χ2v) is 5.74. The van der Waals surface area contributed by atoms with E-state index in [1.807, 2.05) is 68.4 Å². The van der Waals surface area contributed by atoms with Gasteiger partial charge in [-0.25, -0.2) is 0 Å². The number of hydrogen-bond acceptors (Lipinski definition) is 3. The summed E-state index contributed by atoms with van der Waals surface area (Å²) in [5, 5.41) is 6.60. The lowest BCUT2D eigenvalue weighted by Gasteiger charge is -2.13. The van der Waals surface area contributed by atoms with E-state index in [1.165, 1.54) is 0 Å². The van der Waals surface area contributed by atoms with Gasteiger partial charge in [-0.3, -0.25) is 4.79 Å². The molecule has 1 amide bonds. The number of carbonyl (C=O) groups is 1. The molecule has 0 atom stereocenters. The number of aryl methyl sites for hydroxylation is 1. The van der Waals surface area contributed by atoms with Crippen molar-refractivity contribution in [1.82, 2.24) is 0 Å². The quantitative estimate of drug-likeness (QED) is 0.882. The Morgan fingerprint density at radius 3 is 2.45 bits per heavy atom. The zero-order chi connectivity index (χ0) is 16.1. The van der Waals surface area contributed by atoms with E-state index in [0.717, 1.165) is 22.6 Å². The van der Waals surface area contributed by atoms with Crippen molar-refractivity contribution in [3.63, 3.8) is 0 Å². The van der Waals surface area contributed by atoms with Gasteiger partial charge in [-0.15, -0.1) is 0 Å². The first kappa shape index (κ1) is 16.2. The normalized spacial score (nSPS) is 10.2. The van der Waals surface area contributed by atoms with E-state index in [0.29, 0.717) is 5.02 Å². The number of hydrogen-bond donors (Lipinski definition) is 2. The first-order chi connectivity index (χ1) is 10.5. The molecule has 0 aliphatic rings. The molecule has 0 aliphatic heterocycles. The van der Waals surface area contributed by atoms with Crippen LogP contribution in [-0.2, 0) is 4.79 Å². The van der Waals surface area contributed by atoms with Gasteiger partial charge in [0.15, 0.2) is 0 Å². The van der Waals surface area contributed by atoms with E-state index in [9.17, 15) is 4.79 Å². The van der Waals surface area contributed by atoms with E-state index in [1.54, 1.807) is 0 Å². The van der Waals surface area contributed by atoms with Gasteiger partial charge >= 0.3 is 0 Å². The lowest BCUT2D eigenvalue weighted by atomic mass is 10.2. The molecular weight excluding hydrogens is 298 g/mol. The Kier molecular flexibility index (Phi) is 5.28. The second-order valence-electron chi connectivity index (χ2n) is 5.30. The lowest BCUT2D eigenvalue weighted by molar-refractivity contribution is -0.114. The largest absolute Gasteiger partial charge is 0.378 e. The fraction of sp³-hybridized carbons (Fsp3) is 0.235. The Bertz CT molecular complexity index is 653. The van der Waals surface area contributed by atoms with Crippen molar-refractivity contribution < 1.29 is 4.79 Å². The van der Waals surface area contributed by atoms with Crippen molar-refractivity contribution in [1.29, 1.82) is 0 Å². The van der Waals surface area contributed by atoms with Crippen molar-refractivity contribution in [3.8, 4) is 0 Å². The molecule has 0 radical (unpaired) electrons. The minimum atomic E-state index is -0.100. The third-order valence-electron chi connectivity index (χ3n) is 3.31. The average Bonchev–Trinajstić information content (AvgIpc) is 2.49. The van der Waals surface area contributed by atoms with Gasteiger partial charge in [0.1, 0.15) is 0 Å². The van der Waals surface area contributed by atoms with Gasteiger partial charge in [0.25, 0.3) is 0 Å². The maximum Gasteiger partial charge on any atom is 0.243 e. The molecule has 2 aromatic carbocycles. The molecule has 4 nitrogen and oxygen atoms in total. The number of nitrogens with one attached hydrogen (secondary N) is 2. The molecule has 0 saturated carbocycles. The molecule has 0 bridgehead atoms. The standard InChI is InChI=1S/C17H20ClN3O/c1-12-4-5-13(18)10-16(12)19-11-17(22)20-14-6-8-15(9-7-14)21(2)3/h4-10,19H,11H2,1-3H3,(H,20,22). The van der Waals surface area contributed by atoms with Crippen LogP contribution in [0.2, 0.25) is 5.02 Å². The fourth-order valence-corrected chi connectivity index (χ4v) is 2.18. The topological polar surface area (TPSA) is 44.4 Å². The van der Waals surface area contributed by atoms with Gasteiger partial charge in [-0.2, -0.15) is 0 Å². The van der Waals surface area contributed by atoms with Gasteiger partial charge in [-0.05, 0) is 48.9 Å².